The molecule has 7 heteroatoms. The number of benzene rings is 2. The van der Waals surface area contributed by atoms with Gasteiger partial charge in [0.15, 0.2) is 17.1 Å². The molecule has 7 nitrogen and oxygen atoms in total. The van der Waals surface area contributed by atoms with Crippen LogP contribution in [0.3, 0.4) is 0 Å². The lowest BCUT2D eigenvalue weighted by Crippen LogP contribution is -2.40. The first-order valence-electron chi connectivity index (χ1n) is 9.77. The van der Waals surface area contributed by atoms with E-state index in [1.807, 2.05) is 42.5 Å². The molecule has 1 unspecified atom stereocenters. The second kappa shape index (κ2) is 8.43. The van der Waals surface area contributed by atoms with Crippen LogP contribution in [0.5, 0.6) is 11.5 Å². The third-order valence-electron chi connectivity index (χ3n) is 5.25. The van der Waals surface area contributed by atoms with Crippen molar-refractivity contribution in [1.82, 2.24) is 10.3 Å². The third-order valence-corrected chi connectivity index (χ3v) is 5.25. The molecule has 0 bridgehead atoms. The first-order valence-corrected chi connectivity index (χ1v) is 9.77. The smallest absolute Gasteiger partial charge is 0.298 e. The van der Waals surface area contributed by atoms with Crippen molar-refractivity contribution < 1.29 is 18.7 Å². The molecule has 1 N–H and O–H groups in total. The van der Waals surface area contributed by atoms with Gasteiger partial charge in [0, 0.05) is 13.1 Å². The Hall–Kier alpha value is -3.22. The Labute approximate surface area is 169 Å². The van der Waals surface area contributed by atoms with E-state index in [1.165, 1.54) is 0 Å². The SMILES string of the molecule is COc1ccc(CC(=O)NCC2CCCN2c2nc3ccccc3o2)cc1OC. The number of methoxy groups -OCH3 is 2. The number of para-hydroxylation sites is 2. The summed E-state index contributed by atoms with van der Waals surface area (Å²) in [5.74, 6) is 1.24. The molecule has 0 radical (unpaired) electrons. The van der Waals surface area contributed by atoms with Crippen molar-refractivity contribution in [1.29, 1.82) is 0 Å². The maximum absolute atomic E-state index is 12.5. The van der Waals surface area contributed by atoms with Crippen molar-refractivity contribution in [2.45, 2.75) is 25.3 Å². The monoisotopic (exact) mass is 395 g/mol. The summed E-state index contributed by atoms with van der Waals surface area (Å²) in [4.78, 5) is 19.2. The molecule has 1 fully saturated rings. The number of fused-ring (bicyclic) bond motifs is 1. The maximum Gasteiger partial charge on any atom is 0.298 e. The third kappa shape index (κ3) is 4.13. The summed E-state index contributed by atoms with van der Waals surface area (Å²) in [5, 5.41) is 3.05. The number of carbonyl (C=O) groups is 1. The van der Waals surface area contributed by atoms with E-state index in [2.05, 4.69) is 15.2 Å². The molecule has 29 heavy (non-hydrogen) atoms. The van der Waals surface area contributed by atoms with Gasteiger partial charge < -0.3 is 24.1 Å². The number of aromatic nitrogens is 1. The van der Waals surface area contributed by atoms with Crippen molar-refractivity contribution in [2.24, 2.45) is 0 Å². The number of nitrogens with one attached hydrogen (secondary N) is 1. The highest BCUT2D eigenvalue weighted by Gasteiger charge is 2.28. The van der Waals surface area contributed by atoms with Gasteiger partial charge in [0.05, 0.1) is 26.7 Å². The van der Waals surface area contributed by atoms with Crippen LogP contribution in [0.4, 0.5) is 6.01 Å². The highest BCUT2D eigenvalue weighted by molar-refractivity contribution is 5.79. The fourth-order valence-corrected chi connectivity index (χ4v) is 3.75. The normalized spacial score (nSPS) is 16.2. The van der Waals surface area contributed by atoms with Crippen molar-refractivity contribution in [3.8, 4) is 11.5 Å². The maximum atomic E-state index is 12.5. The van der Waals surface area contributed by atoms with Crippen molar-refractivity contribution in [3.05, 3.63) is 48.0 Å². The van der Waals surface area contributed by atoms with Crippen LogP contribution in [0.15, 0.2) is 46.9 Å². The first-order chi connectivity index (χ1) is 14.2. The number of rotatable bonds is 7. The summed E-state index contributed by atoms with van der Waals surface area (Å²) in [7, 11) is 3.18. The van der Waals surface area contributed by atoms with Gasteiger partial charge in [0.2, 0.25) is 5.91 Å². The first kappa shape index (κ1) is 19.1. The number of carbonyl (C=O) groups excluding carboxylic acids is 1. The lowest BCUT2D eigenvalue weighted by molar-refractivity contribution is -0.120. The molecule has 1 aliphatic rings. The van der Waals surface area contributed by atoms with Gasteiger partial charge in [-0.25, -0.2) is 0 Å². The molecule has 1 amide bonds. The van der Waals surface area contributed by atoms with E-state index in [9.17, 15) is 4.79 Å². The molecule has 3 aromatic rings. The van der Waals surface area contributed by atoms with Crippen LogP contribution in [0.1, 0.15) is 18.4 Å². The number of ether oxygens (including phenoxy) is 2. The highest BCUT2D eigenvalue weighted by atomic mass is 16.5. The van der Waals surface area contributed by atoms with Gasteiger partial charge in [-0.3, -0.25) is 4.79 Å². The predicted molar refractivity (Wildman–Crippen MR) is 111 cm³/mol. The van der Waals surface area contributed by atoms with E-state index in [1.54, 1.807) is 14.2 Å². The zero-order chi connectivity index (χ0) is 20.2. The Balaban J connectivity index is 1.37. The summed E-state index contributed by atoms with van der Waals surface area (Å²) in [6, 6.07) is 14.1. The zero-order valence-corrected chi connectivity index (χ0v) is 16.7. The molecule has 1 aromatic heterocycles. The number of hydrogen-bond acceptors (Lipinski definition) is 6. The lowest BCUT2D eigenvalue weighted by Gasteiger charge is -2.23. The Morgan fingerprint density at radius 2 is 2.03 bits per heavy atom. The molecule has 4 rings (SSSR count). The topological polar surface area (TPSA) is 76.8 Å². The van der Waals surface area contributed by atoms with Gasteiger partial charge in [0.1, 0.15) is 5.52 Å². The van der Waals surface area contributed by atoms with E-state index in [4.69, 9.17) is 13.9 Å². The largest absolute Gasteiger partial charge is 0.493 e. The number of oxazole rings is 1. The fraction of sp³-hybridized carbons (Fsp3) is 0.364. The Morgan fingerprint density at radius 3 is 2.83 bits per heavy atom. The van der Waals surface area contributed by atoms with Gasteiger partial charge in [-0.15, -0.1) is 0 Å². The van der Waals surface area contributed by atoms with E-state index in [0.29, 0.717) is 24.1 Å². The molecule has 1 saturated heterocycles. The minimum Gasteiger partial charge on any atom is -0.493 e. The van der Waals surface area contributed by atoms with Crippen molar-refractivity contribution in [2.75, 3.05) is 32.2 Å². The number of anilines is 1. The van der Waals surface area contributed by atoms with Gasteiger partial charge in [0.25, 0.3) is 6.01 Å². The summed E-state index contributed by atoms with van der Waals surface area (Å²) in [6.45, 7) is 1.44. The van der Waals surface area contributed by atoms with Gasteiger partial charge in [-0.2, -0.15) is 4.98 Å². The van der Waals surface area contributed by atoms with Crippen molar-refractivity contribution >= 4 is 23.0 Å². The molecular formula is C22H25N3O4. The quantitative estimate of drug-likeness (QED) is 0.662. The average Bonchev–Trinajstić information content (AvgIpc) is 3.38. The number of amides is 1. The fourth-order valence-electron chi connectivity index (χ4n) is 3.75. The van der Waals surface area contributed by atoms with Crippen LogP contribution in [-0.2, 0) is 11.2 Å². The summed E-state index contributed by atoms with van der Waals surface area (Å²) in [6.07, 6.45) is 2.33. The summed E-state index contributed by atoms with van der Waals surface area (Å²) < 4.78 is 16.5. The van der Waals surface area contributed by atoms with Crippen LogP contribution >= 0.6 is 0 Å². The Kier molecular flexibility index (Phi) is 5.55. The molecule has 2 aromatic carbocycles. The molecule has 0 aliphatic carbocycles. The molecule has 1 atom stereocenters. The second-order valence-electron chi connectivity index (χ2n) is 7.12. The highest BCUT2D eigenvalue weighted by Crippen LogP contribution is 2.29. The van der Waals surface area contributed by atoms with Gasteiger partial charge in [-0.05, 0) is 42.7 Å². The molecule has 152 valence electrons. The standard InChI is InChI=1S/C22H25N3O4/c1-27-19-10-9-15(12-20(19)28-2)13-21(26)23-14-16-6-5-11-25(16)22-24-17-7-3-4-8-18(17)29-22/h3-4,7-10,12,16H,5-6,11,13-14H2,1-2H3,(H,23,26). The number of nitrogens with zero attached hydrogens (tertiary/aromatic N) is 2. The van der Waals surface area contributed by atoms with Crippen LogP contribution in [0.2, 0.25) is 0 Å². The van der Waals surface area contributed by atoms with Crippen molar-refractivity contribution in [3.63, 3.8) is 0 Å². The number of hydrogen-bond donors (Lipinski definition) is 1. The van der Waals surface area contributed by atoms with E-state index >= 15 is 0 Å². The van der Waals surface area contributed by atoms with Crippen LogP contribution in [-0.4, -0.2) is 44.2 Å². The summed E-state index contributed by atoms with van der Waals surface area (Å²) >= 11 is 0. The summed E-state index contributed by atoms with van der Waals surface area (Å²) in [5.41, 5.74) is 2.51. The van der Waals surface area contributed by atoms with Crippen LogP contribution in [0.25, 0.3) is 11.1 Å². The van der Waals surface area contributed by atoms with Gasteiger partial charge in [-0.1, -0.05) is 18.2 Å². The second-order valence-corrected chi connectivity index (χ2v) is 7.12. The van der Waals surface area contributed by atoms with Gasteiger partial charge >= 0.3 is 0 Å². The van der Waals surface area contributed by atoms with E-state index in [-0.39, 0.29) is 18.4 Å². The molecule has 2 heterocycles. The van der Waals surface area contributed by atoms with E-state index in [0.717, 1.165) is 36.0 Å². The van der Waals surface area contributed by atoms with Crippen LogP contribution in [0, 0.1) is 0 Å². The lowest BCUT2D eigenvalue weighted by atomic mass is 10.1. The van der Waals surface area contributed by atoms with E-state index < -0.39 is 0 Å². The average molecular weight is 395 g/mol. The molecule has 0 saturated carbocycles. The Bertz CT molecular complexity index is 968. The minimum atomic E-state index is -0.0263. The zero-order valence-electron chi connectivity index (χ0n) is 16.7. The molecule has 0 spiro atoms. The molecule has 1 aliphatic heterocycles. The Morgan fingerprint density at radius 1 is 1.21 bits per heavy atom. The van der Waals surface area contributed by atoms with Crippen LogP contribution < -0.4 is 19.7 Å². The predicted octanol–water partition coefficient (Wildman–Crippen LogP) is 3.17. The molecular weight excluding hydrogens is 370 g/mol. The minimum absolute atomic E-state index is 0.0263.